The van der Waals surface area contributed by atoms with E-state index in [1.54, 1.807) is 30.3 Å². The molecule has 4 rings (SSSR count). The number of hydrogen-bond donors (Lipinski definition) is 1. The summed E-state index contributed by atoms with van der Waals surface area (Å²) in [6.45, 7) is 3.56. The minimum Gasteiger partial charge on any atom is -0.493 e. The van der Waals surface area contributed by atoms with Crippen LogP contribution in [0.5, 0.6) is 11.5 Å². The van der Waals surface area contributed by atoms with E-state index in [2.05, 4.69) is 5.32 Å². The second-order valence-electron chi connectivity index (χ2n) is 11.4. The SMILES string of the molecule is CCCCNC(=O)C(Cc1ccccc1)N(Cc1ccc(F)cc1)C(=O)CN(c1ccc(OC)c(OC)c1)S(=O)(=O)c1ccc(C)cc1. The van der Waals surface area contributed by atoms with Crippen LogP contribution in [0.4, 0.5) is 10.1 Å². The van der Waals surface area contributed by atoms with Crippen molar-refractivity contribution in [2.45, 2.75) is 50.6 Å². The van der Waals surface area contributed by atoms with Crippen LogP contribution in [-0.4, -0.2) is 58.5 Å². The van der Waals surface area contributed by atoms with Crippen LogP contribution in [0.1, 0.15) is 36.5 Å². The Bertz CT molecular complexity index is 1770. The maximum absolute atomic E-state index is 14.6. The molecule has 0 aromatic heterocycles. The first-order valence-electron chi connectivity index (χ1n) is 15.7. The van der Waals surface area contributed by atoms with Crippen LogP contribution in [0.25, 0.3) is 0 Å². The van der Waals surface area contributed by atoms with E-state index >= 15 is 0 Å². The summed E-state index contributed by atoms with van der Waals surface area (Å²) in [5, 5.41) is 2.95. The molecular formula is C37H42FN3O6S. The number of ether oxygens (including phenoxy) is 2. The Morgan fingerprint density at radius 1 is 0.854 bits per heavy atom. The van der Waals surface area contributed by atoms with Gasteiger partial charge >= 0.3 is 0 Å². The highest BCUT2D eigenvalue weighted by Gasteiger charge is 2.35. The number of amides is 2. The highest BCUT2D eigenvalue weighted by molar-refractivity contribution is 7.92. The van der Waals surface area contributed by atoms with Gasteiger partial charge in [0.25, 0.3) is 10.0 Å². The molecule has 4 aromatic carbocycles. The average molecular weight is 676 g/mol. The number of nitrogens with zero attached hydrogens (tertiary/aromatic N) is 2. The molecule has 9 nitrogen and oxygen atoms in total. The molecule has 0 spiro atoms. The zero-order valence-corrected chi connectivity index (χ0v) is 28.5. The van der Waals surface area contributed by atoms with E-state index in [-0.39, 0.29) is 35.2 Å². The van der Waals surface area contributed by atoms with Gasteiger partial charge in [0.05, 0.1) is 24.8 Å². The van der Waals surface area contributed by atoms with Crippen molar-refractivity contribution in [2.24, 2.45) is 0 Å². The molecule has 1 atom stereocenters. The number of anilines is 1. The Kier molecular flexibility index (Phi) is 12.6. The van der Waals surface area contributed by atoms with Crippen molar-refractivity contribution >= 4 is 27.5 Å². The molecule has 0 aliphatic rings. The molecule has 4 aromatic rings. The lowest BCUT2D eigenvalue weighted by molar-refractivity contribution is -0.140. The maximum atomic E-state index is 14.6. The van der Waals surface area contributed by atoms with Gasteiger partial charge in [-0.15, -0.1) is 0 Å². The molecule has 0 radical (unpaired) electrons. The number of unbranched alkanes of at least 4 members (excludes halogenated alkanes) is 1. The summed E-state index contributed by atoms with van der Waals surface area (Å²) < 4.78 is 54.3. The van der Waals surface area contributed by atoms with Crippen molar-refractivity contribution in [3.8, 4) is 11.5 Å². The maximum Gasteiger partial charge on any atom is 0.264 e. The predicted molar refractivity (Wildman–Crippen MR) is 184 cm³/mol. The number of carbonyl (C=O) groups is 2. The molecule has 48 heavy (non-hydrogen) atoms. The molecule has 0 saturated carbocycles. The first kappa shape index (κ1) is 35.9. The zero-order chi connectivity index (χ0) is 34.7. The van der Waals surface area contributed by atoms with Crippen LogP contribution >= 0.6 is 0 Å². The summed E-state index contributed by atoms with van der Waals surface area (Å²) in [6, 6.07) is 24.8. The number of carbonyl (C=O) groups excluding carboxylic acids is 2. The molecule has 11 heteroatoms. The van der Waals surface area contributed by atoms with Gasteiger partial charge in [-0.1, -0.05) is 73.5 Å². The van der Waals surface area contributed by atoms with E-state index in [1.165, 1.54) is 55.5 Å². The molecule has 0 heterocycles. The average Bonchev–Trinajstić information content (AvgIpc) is 3.09. The van der Waals surface area contributed by atoms with Gasteiger partial charge in [0.1, 0.15) is 18.4 Å². The third kappa shape index (κ3) is 9.13. The fraction of sp³-hybridized carbons (Fsp3) is 0.297. The number of aryl methyl sites for hydroxylation is 1. The fourth-order valence-corrected chi connectivity index (χ4v) is 6.60. The van der Waals surface area contributed by atoms with E-state index in [0.717, 1.165) is 28.3 Å². The van der Waals surface area contributed by atoms with Crippen LogP contribution < -0.4 is 19.1 Å². The number of benzene rings is 4. The summed E-state index contributed by atoms with van der Waals surface area (Å²) in [4.78, 5) is 29.8. The Labute approximate surface area is 282 Å². The van der Waals surface area contributed by atoms with Gasteiger partial charge in [0.15, 0.2) is 11.5 Å². The summed E-state index contributed by atoms with van der Waals surface area (Å²) in [5.74, 6) is -0.798. The van der Waals surface area contributed by atoms with E-state index in [9.17, 15) is 22.4 Å². The smallest absolute Gasteiger partial charge is 0.264 e. The van der Waals surface area contributed by atoms with Crippen molar-refractivity contribution < 1.29 is 31.9 Å². The standard InChI is InChI=1S/C37H42FN3O6S/c1-5-6-22-39-37(43)33(23-28-10-8-7-9-11-28)40(25-29-14-16-30(38)17-15-29)36(42)26-41(31-18-21-34(46-3)35(24-31)47-4)48(44,45)32-19-12-27(2)13-20-32/h7-21,24,33H,5-6,22-23,25-26H2,1-4H3,(H,39,43). The van der Waals surface area contributed by atoms with Crippen LogP contribution in [0.3, 0.4) is 0 Å². The van der Waals surface area contributed by atoms with E-state index in [1.807, 2.05) is 44.2 Å². The van der Waals surface area contributed by atoms with Crippen LogP contribution in [0, 0.1) is 12.7 Å². The summed E-state index contributed by atoms with van der Waals surface area (Å²) in [7, 11) is -1.41. The number of hydrogen-bond acceptors (Lipinski definition) is 6. The van der Waals surface area contributed by atoms with Crippen molar-refractivity contribution in [3.63, 3.8) is 0 Å². The van der Waals surface area contributed by atoms with Crippen LogP contribution in [-0.2, 0) is 32.6 Å². The topological polar surface area (TPSA) is 105 Å². The normalized spacial score (nSPS) is 11.8. The number of nitrogens with one attached hydrogen (secondary N) is 1. The number of halogens is 1. The van der Waals surface area contributed by atoms with Crippen molar-refractivity contribution in [2.75, 3.05) is 31.6 Å². The first-order valence-corrected chi connectivity index (χ1v) is 17.2. The van der Waals surface area contributed by atoms with Gasteiger partial charge in [-0.3, -0.25) is 13.9 Å². The quantitative estimate of drug-likeness (QED) is 0.148. The lowest BCUT2D eigenvalue weighted by atomic mass is 10.0. The monoisotopic (exact) mass is 675 g/mol. The van der Waals surface area contributed by atoms with Gasteiger partial charge < -0.3 is 19.7 Å². The minimum atomic E-state index is -4.31. The van der Waals surface area contributed by atoms with Gasteiger partial charge in [-0.25, -0.2) is 12.8 Å². The van der Waals surface area contributed by atoms with Gasteiger partial charge in [0.2, 0.25) is 11.8 Å². The molecule has 0 fully saturated rings. The minimum absolute atomic E-state index is 0.0149. The van der Waals surface area contributed by atoms with Crippen molar-refractivity contribution in [1.82, 2.24) is 10.2 Å². The van der Waals surface area contributed by atoms with Gasteiger partial charge in [0, 0.05) is 25.6 Å². The van der Waals surface area contributed by atoms with Gasteiger partial charge in [-0.05, 0) is 60.9 Å². The third-order valence-corrected chi connectivity index (χ3v) is 9.70. The summed E-state index contributed by atoms with van der Waals surface area (Å²) in [6.07, 6.45) is 1.78. The van der Waals surface area contributed by atoms with E-state index < -0.39 is 34.3 Å². The summed E-state index contributed by atoms with van der Waals surface area (Å²) >= 11 is 0. The lowest BCUT2D eigenvalue weighted by Crippen LogP contribution is -2.53. The highest BCUT2D eigenvalue weighted by Crippen LogP contribution is 2.34. The Hall–Kier alpha value is -4.90. The van der Waals surface area contributed by atoms with Crippen LogP contribution in [0.2, 0.25) is 0 Å². The van der Waals surface area contributed by atoms with E-state index in [4.69, 9.17) is 9.47 Å². The van der Waals surface area contributed by atoms with Crippen LogP contribution in [0.15, 0.2) is 102 Å². The van der Waals surface area contributed by atoms with Crippen molar-refractivity contribution in [3.05, 3.63) is 120 Å². The molecule has 0 bridgehead atoms. The lowest BCUT2D eigenvalue weighted by Gasteiger charge is -2.34. The number of methoxy groups -OCH3 is 2. The molecular weight excluding hydrogens is 633 g/mol. The number of rotatable bonds is 16. The molecule has 2 amide bonds. The molecule has 1 unspecified atom stereocenters. The Morgan fingerprint density at radius 3 is 2.15 bits per heavy atom. The Morgan fingerprint density at radius 2 is 1.52 bits per heavy atom. The largest absolute Gasteiger partial charge is 0.493 e. The second-order valence-corrected chi connectivity index (χ2v) is 13.2. The Balaban J connectivity index is 1.82. The van der Waals surface area contributed by atoms with Gasteiger partial charge in [-0.2, -0.15) is 0 Å². The zero-order valence-electron chi connectivity index (χ0n) is 27.7. The molecule has 0 aliphatic heterocycles. The first-order chi connectivity index (χ1) is 23.1. The highest BCUT2D eigenvalue weighted by atomic mass is 32.2. The molecule has 1 N–H and O–H groups in total. The van der Waals surface area contributed by atoms with Crippen molar-refractivity contribution in [1.29, 1.82) is 0 Å². The number of sulfonamides is 1. The molecule has 254 valence electrons. The second kappa shape index (κ2) is 16.8. The molecule has 0 aliphatic carbocycles. The summed E-state index contributed by atoms with van der Waals surface area (Å²) in [5.41, 5.74) is 2.42. The van der Waals surface area contributed by atoms with E-state index in [0.29, 0.717) is 17.9 Å². The third-order valence-electron chi connectivity index (χ3n) is 7.91. The fourth-order valence-electron chi connectivity index (χ4n) is 5.19. The molecule has 0 saturated heterocycles. The predicted octanol–water partition coefficient (Wildman–Crippen LogP) is 5.90.